The van der Waals surface area contributed by atoms with E-state index in [4.69, 9.17) is 11.6 Å². The first kappa shape index (κ1) is 14.2. The van der Waals surface area contributed by atoms with E-state index < -0.39 is 16.6 Å². The molecule has 0 unspecified atom stereocenters. The van der Waals surface area contributed by atoms with Gasteiger partial charge in [0.05, 0.1) is 11.0 Å². The average molecular weight is 299 g/mol. The molecule has 0 saturated heterocycles. The van der Waals surface area contributed by atoms with E-state index in [1.807, 2.05) is 0 Å². The number of hydrogen-bond acceptors (Lipinski definition) is 3. The average Bonchev–Trinajstić information content (AvgIpc) is 2.38. The van der Waals surface area contributed by atoms with E-state index in [0.29, 0.717) is 5.56 Å². The van der Waals surface area contributed by atoms with E-state index in [9.17, 15) is 18.9 Å². The van der Waals surface area contributed by atoms with Gasteiger partial charge in [0, 0.05) is 11.6 Å². The minimum Gasteiger partial charge on any atom is -0.375 e. The maximum Gasteiger partial charge on any atom is 0.295 e. The third-order valence-corrected chi connectivity index (χ3v) is 2.99. The van der Waals surface area contributed by atoms with Gasteiger partial charge in [-0.05, 0) is 29.8 Å². The smallest absolute Gasteiger partial charge is 0.295 e. The van der Waals surface area contributed by atoms with Crippen LogP contribution in [0, 0.1) is 21.7 Å². The highest BCUT2D eigenvalue weighted by Gasteiger charge is 2.14. The van der Waals surface area contributed by atoms with Crippen molar-refractivity contribution >= 4 is 23.0 Å². The van der Waals surface area contributed by atoms with E-state index in [1.54, 1.807) is 0 Å². The molecule has 0 aliphatic carbocycles. The molecule has 7 heteroatoms. The van der Waals surface area contributed by atoms with Crippen molar-refractivity contribution in [2.75, 3.05) is 5.32 Å². The van der Waals surface area contributed by atoms with Crippen LogP contribution in [0.2, 0.25) is 5.02 Å². The molecule has 0 heterocycles. The maximum atomic E-state index is 13.0. The Labute approximate surface area is 118 Å². The van der Waals surface area contributed by atoms with Crippen molar-refractivity contribution in [1.82, 2.24) is 0 Å². The van der Waals surface area contributed by atoms with Crippen LogP contribution in [-0.2, 0) is 6.54 Å². The predicted molar refractivity (Wildman–Crippen MR) is 71.8 cm³/mol. The molecule has 0 aromatic heterocycles. The molecule has 0 radical (unpaired) electrons. The monoisotopic (exact) mass is 298 g/mol. The first-order chi connectivity index (χ1) is 9.47. The normalized spacial score (nSPS) is 10.3. The predicted octanol–water partition coefficient (Wildman–Crippen LogP) is 4.14. The molecule has 0 atom stereocenters. The van der Waals surface area contributed by atoms with Crippen molar-refractivity contribution in [2.24, 2.45) is 0 Å². The van der Waals surface area contributed by atoms with Gasteiger partial charge in [-0.15, -0.1) is 0 Å². The summed E-state index contributed by atoms with van der Waals surface area (Å²) in [6.45, 7) is 0.158. The number of nitrogens with one attached hydrogen (secondary N) is 1. The van der Waals surface area contributed by atoms with E-state index in [0.717, 1.165) is 18.2 Å². The van der Waals surface area contributed by atoms with Crippen molar-refractivity contribution in [2.45, 2.75) is 6.54 Å². The maximum absolute atomic E-state index is 13.0. The molecule has 0 spiro atoms. The Hall–Kier alpha value is -2.21. The van der Waals surface area contributed by atoms with Gasteiger partial charge in [0.25, 0.3) is 5.69 Å². The summed E-state index contributed by atoms with van der Waals surface area (Å²) in [4.78, 5) is 10.1. The lowest BCUT2D eigenvalue weighted by atomic mass is 10.2. The van der Waals surface area contributed by atoms with Crippen molar-refractivity contribution in [3.63, 3.8) is 0 Å². The summed E-state index contributed by atoms with van der Waals surface area (Å²) in [5.74, 6) is -1.16. The Morgan fingerprint density at radius 3 is 2.45 bits per heavy atom. The van der Waals surface area contributed by atoms with E-state index in [1.165, 1.54) is 18.2 Å². The third kappa shape index (κ3) is 3.21. The topological polar surface area (TPSA) is 55.2 Å². The minimum atomic E-state index is -0.693. The summed E-state index contributed by atoms with van der Waals surface area (Å²) in [6.07, 6.45) is 0. The van der Waals surface area contributed by atoms with Gasteiger partial charge in [-0.1, -0.05) is 17.7 Å². The largest absolute Gasteiger partial charge is 0.375 e. The van der Waals surface area contributed by atoms with Gasteiger partial charge >= 0.3 is 0 Å². The molecule has 0 amide bonds. The van der Waals surface area contributed by atoms with Gasteiger partial charge in [0.1, 0.15) is 17.3 Å². The van der Waals surface area contributed by atoms with Crippen molar-refractivity contribution in [1.29, 1.82) is 0 Å². The number of nitro benzene ring substituents is 1. The molecular formula is C13H9ClF2N2O2. The first-order valence-electron chi connectivity index (χ1n) is 5.59. The molecule has 0 saturated carbocycles. The lowest BCUT2D eigenvalue weighted by molar-refractivity contribution is -0.384. The number of nitrogens with zero attached hydrogens (tertiary/aromatic N) is 1. The van der Waals surface area contributed by atoms with Crippen LogP contribution in [-0.4, -0.2) is 4.92 Å². The SMILES string of the molecule is O=[N+]([O-])c1cc(F)ccc1NCc1ccc(F)cc1Cl. The van der Waals surface area contributed by atoms with Crippen molar-refractivity contribution in [3.8, 4) is 0 Å². The van der Waals surface area contributed by atoms with Crippen LogP contribution < -0.4 is 5.32 Å². The first-order valence-corrected chi connectivity index (χ1v) is 5.97. The number of nitro groups is 1. The van der Waals surface area contributed by atoms with Crippen LogP contribution in [0.5, 0.6) is 0 Å². The molecule has 4 nitrogen and oxygen atoms in total. The van der Waals surface area contributed by atoms with E-state index in [-0.39, 0.29) is 22.9 Å². The molecule has 0 aliphatic rings. The van der Waals surface area contributed by atoms with Gasteiger partial charge in [-0.25, -0.2) is 8.78 Å². The summed E-state index contributed by atoms with van der Waals surface area (Å²) in [5.41, 5.74) is 0.367. The minimum absolute atomic E-state index is 0.158. The van der Waals surface area contributed by atoms with Crippen LogP contribution in [0.25, 0.3) is 0 Å². The van der Waals surface area contributed by atoms with Crippen LogP contribution in [0.3, 0.4) is 0 Å². The van der Waals surface area contributed by atoms with Crippen LogP contribution in [0.1, 0.15) is 5.56 Å². The summed E-state index contributed by atoms with van der Waals surface area (Å²) in [6, 6.07) is 7.07. The van der Waals surface area contributed by atoms with Gasteiger partial charge in [-0.3, -0.25) is 10.1 Å². The number of halogens is 3. The summed E-state index contributed by atoms with van der Waals surface area (Å²) < 4.78 is 25.9. The Morgan fingerprint density at radius 2 is 1.80 bits per heavy atom. The molecule has 2 aromatic carbocycles. The molecule has 0 bridgehead atoms. The number of anilines is 1. The van der Waals surface area contributed by atoms with Crippen molar-refractivity contribution in [3.05, 3.63) is 68.7 Å². The molecule has 2 aromatic rings. The number of benzene rings is 2. The van der Waals surface area contributed by atoms with Crippen LogP contribution >= 0.6 is 11.6 Å². The highest BCUT2D eigenvalue weighted by Crippen LogP contribution is 2.26. The fraction of sp³-hybridized carbons (Fsp3) is 0.0769. The van der Waals surface area contributed by atoms with Gasteiger partial charge in [-0.2, -0.15) is 0 Å². The fourth-order valence-corrected chi connectivity index (χ4v) is 1.89. The zero-order valence-corrected chi connectivity index (χ0v) is 10.8. The zero-order valence-electron chi connectivity index (χ0n) is 10.1. The third-order valence-electron chi connectivity index (χ3n) is 2.64. The highest BCUT2D eigenvalue weighted by atomic mass is 35.5. The van der Waals surface area contributed by atoms with Crippen molar-refractivity contribution < 1.29 is 13.7 Å². The van der Waals surface area contributed by atoms with Crippen LogP contribution in [0.4, 0.5) is 20.2 Å². The Kier molecular flexibility index (Phi) is 4.14. The Balaban J connectivity index is 2.20. The molecule has 104 valence electrons. The highest BCUT2D eigenvalue weighted by molar-refractivity contribution is 6.31. The molecule has 0 aliphatic heterocycles. The molecule has 2 rings (SSSR count). The van der Waals surface area contributed by atoms with Crippen LogP contribution in [0.15, 0.2) is 36.4 Å². The van der Waals surface area contributed by atoms with E-state index >= 15 is 0 Å². The summed E-state index contributed by atoms with van der Waals surface area (Å²) in [5, 5.41) is 13.8. The Morgan fingerprint density at radius 1 is 1.15 bits per heavy atom. The summed E-state index contributed by atoms with van der Waals surface area (Å²) in [7, 11) is 0. The second-order valence-corrected chi connectivity index (χ2v) is 4.42. The van der Waals surface area contributed by atoms with Gasteiger partial charge in [0.15, 0.2) is 0 Å². The molecule has 1 N–H and O–H groups in total. The van der Waals surface area contributed by atoms with Gasteiger partial charge in [0.2, 0.25) is 0 Å². The number of hydrogen-bond donors (Lipinski definition) is 1. The lowest BCUT2D eigenvalue weighted by Gasteiger charge is -2.08. The summed E-state index contributed by atoms with van der Waals surface area (Å²) >= 11 is 5.85. The molecule has 0 fully saturated rings. The standard InChI is InChI=1S/C13H9ClF2N2O2/c14-11-5-9(15)2-1-8(11)7-17-12-4-3-10(16)6-13(12)18(19)20/h1-6,17H,7H2. The second-order valence-electron chi connectivity index (χ2n) is 4.01. The van der Waals surface area contributed by atoms with Gasteiger partial charge < -0.3 is 5.32 Å². The number of rotatable bonds is 4. The molecule has 20 heavy (non-hydrogen) atoms. The Bertz CT molecular complexity index is 665. The zero-order chi connectivity index (χ0) is 14.7. The lowest BCUT2D eigenvalue weighted by Crippen LogP contribution is -2.03. The van der Waals surface area contributed by atoms with E-state index in [2.05, 4.69) is 5.32 Å². The molecular weight excluding hydrogens is 290 g/mol. The fourth-order valence-electron chi connectivity index (χ4n) is 1.66. The quantitative estimate of drug-likeness (QED) is 0.682. The second kappa shape index (κ2) is 5.83.